The molecule has 11 heteroatoms. The molecule has 2 atom stereocenters. The summed E-state index contributed by atoms with van der Waals surface area (Å²) in [5.74, 6) is 0.188. The first kappa shape index (κ1) is 29.1. The number of para-hydroxylation sites is 1. The number of methoxy groups -OCH3 is 1. The number of amides is 3. The molecule has 3 N–H and O–H groups in total. The topological polar surface area (TPSA) is 126 Å². The first-order chi connectivity index (χ1) is 20.2. The van der Waals surface area contributed by atoms with Crippen molar-refractivity contribution in [2.24, 2.45) is 12.8 Å². The first-order valence-electron chi connectivity index (χ1n) is 14.2. The van der Waals surface area contributed by atoms with Crippen molar-refractivity contribution in [1.82, 2.24) is 24.7 Å². The Balaban J connectivity index is 1.32. The van der Waals surface area contributed by atoms with Crippen LogP contribution in [0.25, 0.3) is 0 Å². The molecule has 2 saturated heterocycles. The third kappa shape index (κ3) is 5.82. The number of aryl methyl sites for hydroxylation is 1. The minimum Gasteiger partial charge on any atom is -0.497 e. The number of benzene rings is 2. The highest BCUT2D eigenvalue weighted by Crippen LogP contribution is 2.39. The molecule has 3 aromatic rings. The van der Waals surface area contributed by atoms with Gasteiger partial charge in [-0.05, 0) is 42.7 Å². The van der Waals surface area contributed by atoms with Gasteiger partial charge < -0.3 is 35.1 Å². The van der Waals surface area contributed by atoms with Crippen LogP contribution in [0.2, 0.25) is 0 Å². The summed E-state index contributed by atoms with van der Waals surface area (Å²) >= 11 is 0. The van der Waals surface area contributed by atoms with Gasteiger partial charge in [-0.15, -0.1) is 0 Å². The lowest BCUT2D eigenvalue weighted by molar-refractivity contribution is -0.140. The molecule has 1 spiro atoms. The molecule has 2 aliphatic rings. The molecule has 0 bridgehead atoms. The third-order valence-corrected chi connectivity index (χ3v) is 8.48. The van der Waals surface area contributed by atoms with E-state index in [2.05, 4.69) is 15.2 Å². The molecule has 0 aliphatic carbocycles. The van der Waals surface area contributed by atoms with Crippen molar-refractivity contribution in [2.45, 2.75) is 43.3 Å². The van der Waals surface area contributed by atoms with Gasteiger partial charge in [0.15, 0.2) is 0 Å². The van der Waals surface area contributed by atoms with Crippen molar-refractivity contribution in [1.29, 1.82) is 0 Å². The molecule has 0 unspecified atom stereocenters. The zero-order valence-electron chi connectivity index (χ0n) is 24.4. The van der Waals surface area contributed by atoms with Gasteiger partial charge in [-0.2, -0.15) is 0 Å². The molecule has 1 aromatic heterocycles. The number of aromatic nitrogens is 2. The largest absolute Gasteiger partial charge is 0.497 e. The smallest absolute Gasteiger partial charge is 0.249 e. The molecule has 3 amide bonds. The quantitative estimate of drug-likeness (QED) is 0.396. The Morgan fingerprint density at radius 3 is 2.36 bits per heavy atom. The van der Waals surface area contributed by atoms with Crippen LogP contribution in [0.15, 0.2) is 67.1 Å². The average molecular weight is 574 g/mol. The van der Waals surface area contributed by atoms with Crippen LogP contribution in [0.4, 0.5) is 5.69 Å². The van der Waals surface area contributed by atoms with E-state index in [4.69, 9.17) is 10.5 Å². The second kappa shape index (κ2) is 12.2. The van der Waals surface area contributed by atoms with Gasteiger partial charge in [0.05, 0.1) is 26.1 Å². The molecule has 222 valence electrons. The van der Waals surface area contributed by atoms with E-state index in [1.165, 1.54) is 0 Å². The van der Waals surface area contributed by atoms with Crippen LogP contribution in [0.1, 0.15) is 24.1 Å². The van der Waals surface area contributed by atoms with Crippen molar-refractivity contribution in [3.8, 4) is 5.75 Å². The third-order valence-electron chi connectivity index (χ3n) is 8.48. The fourth-order valence-corrected chi connectivity index (χ4v) is 6.00. The molecule has 2 aliphatic heterocycles. The van der Waals surface area contributed by atoms with Crippen molar-refractivity contribution >= 4 is 23.4 Å². The number of ether oxygens (including phenoxy) is 1. The summed E-state index contributed by atoms with van der Waals surface area (Å²) in [7, 11) is 5.26. The zero-order chi connectivity index (χ0) is 29.9. The van der Waals surface area contributed by atoms with E-state index in [1.54, 1.807) is 29.4 Å². The lowest BCUT2D eigenvalue weighted by atomic mass is 9.85. The minimum absolute atomic E-state index is 0.0719. The number of piperidine rings is 1. The number of anilines is 1. The van der Waals surface area contributed by atoms with Crippen molar-refractivity contribution in [2.75, 3.05) is 38.8 Å². The molecule has 2 aromatic carbocycles. The summed E-state index contributed by atoms with van der Waals surface area (Å²) < 4.78 is 7.09. The Morgan fingerprint density at radius 2 is 1.74 bits per heavy atom. The minimum atomic E-state index is -0.845. The van der Waals surface area contributed by atoms with Crippen LogP contribution in [0.3, 0.4) is 0 Å². The summed E-state index contributed by atoms with van der Waals surface area (Å²) in [6, 6.07) is 15.7. The number of carbonyl (C=O) groups excluding carboxylic acids is 3. The van der Waals surface area contributed by atoms with E-state index in [0.717, 1.165) is 16.9 Å². The number of likely N-dealkylation sites (N-methyl/N-ethyl adjacent to an activating group) is 1. The summed E-state index contributed by atoms with van der Waals surface area (Å²) in [4.78, 5) is 50.4. The number of carbonyl (C=O) groups is 3. The Morgan fingerprint density at radius 1 is 1.05 bits per heavy atom. The summed E-state index contributed by atoms with van der Waals surface area (Å²) in [5.41, 5.74) is 8.26. The summed E-state index contributed by atoms with van der Waals surface area (Å²) in [6.45, 7) is 1.30. The lowest BCUT2D eigenvalue weighted by Gasteiger charge is -2.44. The Kier molecular flexibility index (Phi) is 8.49. The molecule has 11 nitrogen and oxygen atoms in total. The van der Waals surface area contributed by atoms with Gasteiger partial charge >= 0.3 is 0 Å². The molecular weight excluding hydrogens is 534 g/mol. The standard InChI is InChI=1S/C31H39N7O4/c1-35-20-33-19-24(35)18-26(32)28(39)34-27(17-22-9-11-25(42-3)12-10-22)29(40)37-15-13-31(14-16-37)30(41)36(2)21-38(31)23-7-5-4-6-8-23/h4-12,19-20,26-27H,13-18,21,32H2,1-3H3,(H,34,39)/t26-,27+/m0/s1. The number of nitrogens with one attached hydrogen (secondary N) is 1. The highest BCUT2D eigenvalue weighted by Gasteiger charge is 2.53. The average Bonchev–Trinajstić information content (AvgIpc) is 3.52. The fraction of sp³-hybridized carbons (Fsp3) is 0.419. The van der Waals surface area contributed by atoms with Crippen LogP contribution < -0.4 is 20.7 Å². The predicted octanol–water partition coefficient (Wildman–Crippen LogP) is 1.32. The SMILES string of the molecule is COc1ccc(C[C@@H](NC(=O)[C@@H](N)Cc2cncn2C)C(=O)N2CCC3(CC2)C(=O)N(C)CN3c2ccccc2)cc1. The Labute approximate surface area is 246 Å². The number of likely N-dealkylation sites (tertiary alicyclic amines) is 1. The maximum atomic E-state index is 14.0. The summed E-state index contributed by atoms with van der Waals surface area (Å²) in [5, 5.41) is 2.93. The highest BCUT2D eigenvalue weighted by atomic mass is 16.5. The first-order valence-corrected chi connectivity index (χ1v) is 14.2. The second-order valence-electron chi connectivity index (χ2n) is 11.2. The van der Waals surface area contributed by atoms with Gasteiger partial charge in [0, 0.05) is 57.6 Å². The summed E-state index contributed by atoms with van der Waals surface area (Å²) in [6.07, 6.45) is 4.93. The normalized spacial score (nSPS) is 17.8. The van der Waals surface area contributed by atoms with Crippen molar-refractivity contribution in [3.63, 3.8) is 0 Å². The van der Waals surface area contributed by atoms with E-state index in [1.807, 2.05) is 73.3 Å². The number of imidazole rings is 1. The number of hydrogen-bond acceptors (Lipinski definition) is 7. The van der Waals surface area contributed by atoms with Crippen molar-refractivity contribution in [3.05, 3.63) is 78.4 Å². The van der Waals surface area contributed by atoms with Gasteiger partial charge in [0.25, 0.3) is 0 Å². The van der Waals surface area contributed by atoms with E-state index >= 15 is 0 Å². The Hall–Kier alpha value is -4.38. The molecular formula is C31H39N7O4. The molecule has 0 radical (unpaired) electrons. The highest BCUT2D eigenvalue weighted by molar-refractivity contribution is 5.94. The van der Waals surface area contributed by atoms with Gasteiger partial charge in [0.1, 0.15) is 17.3 Å². The van der Waals surface area contributed by atoms with Crippen LogP contribution in [0, 0.1) is 0 Å². The van der Waals surface area contributed by atoms with Gasteiger partial charge in [0.2, 0.25) is 17.7 Å². The molecule has 3 heterocycles. The van der Waals surface area contributed by atoms with Crippen LogP contribution >= 0.6 is 0 Å². The zero-order valence-corrected chi connectivity index (χ0v) is 24.4. The number of nitrogens with two attached hydrogens (primary N) is 1. The number of rotatable bonds is 9. The van der Waals surface area contributed by atoms with E-state index < -0.39 is 23.5 Å². The number of hydrogen-bond donors (Lipinski definition) is 2. The van der Waals surface area contributed by atoms with Crippen LogP contribution in [-0.2, 0) is 34.3 Å². The fourth-order valence-electron chi connectivity index (χ4n) is 6.00. The van der Waals surface area contributed by atoms with Crippen LogP contribution in [-0.4, -0.2) is 88.6 Å². The van der Waals surface area contributed by atoms with Gasteiger partial charge in [-0.25, -0.2) is 4.98 Å². The Bertz CT molecular complexity index is 1400. The maximum Gasteiger partial charge on any atom is 0.249 e. The molecule has 0 saturated carbocycles. The monoisotopic (exact) mass is 573 g/mol. The van der Waals surface area contributed by atoms with E-state index in [-0.39, 0.29) is 11.8 Å². The lowest BCUT2D eigenvalue weighted by Crippen LogP contribution is -2.60. The van der Waals surface area contributed by atoms with E-state index in [9.17, 15) is 14.4 Å². The van der Waals surface area contributed by atoms with E-state index in [0.29, 0.717) is 51.2 Å². The number of nitrogens with zero attached hydrogens (tertiary/aromatic N) is 5. The molecule has 5 rings (SSSR count). The molecule has 42 heavy (non-hydrogen) atoms. The predicted molar refractivity (Wildman–Crippen MR) is 159 cm³/mol. The van der Waals surface area contributed by atoms with Gasteiger partial charge in [-0.1, -0.05) is 30.3 Å². The van der Waals surface area contributed by atoms with Crippen molar-refractivity contribution < 1.29 is 19.1 Å². The van der Waals surface area contributed by atoms with Crippen LogP contribution in [0.5, 0.6) is 5.75 Å². The second-order valence-corrected chi connectivity index (χ2v) is 11.2. The van der Waals surface area contributed by atoms with Gasteiger partial charge in [-0.3, -0.25) is 14.4 Å². The molecule has 2 fully saturated rings. The maximum absolute atomic E-state index is 14.0.